The molecule has 0 aromatic carbocycles. The number of carboxylic acid groups (broad SMARTS) is 1. The summed E-state index contributed by atoms with van der Waals surface area (Å²) in [5.74, 6) is 2.63. The van der Waals surface area contributed by atoms with E-state index < -0.39 is 18.6 Å². The molecule has 0 aromatic rings. The third-order valence-electron chi connectivity index (χ3n) is 11.0. The lowest BCUT2D eigenvalue weighted by molar-refractivity contribution is -0.143. The van der Waals surface area contributed by atoms with Crippen LogP contribution >= 0.6 is 0 Å². The van der Waals surface area contributed by atoms with Crippen LogP contribution in [0.4, 0.5) is 0 Å². The van der Waals surface area contributed by atoms with Gasteiger partial charge in [0.1, 0.15) is 6.04 Å². The number of nitrogens with one attached hydrogen (secondary N) is 1. The molecule has 1 unspecified atom stereocenters. The first-order valence-electron chi connectivity index (χ1n) is 13.4. The van der Waals surface area contributed by atoms with Crippen LogP contribution in [-0.2, 0) is 9.59 Å². The minimum Gasteiger partial charge on any atom is -0.480 e. The fourth-order valence-electron chi connectivity index (χ4n) is 9.22. The first kappa shape index (κ1) is 25.0. The molecule has 4 aliphatic carbocycles. The molecule has 0 aromatic heterocycles. The average molecular weight is 464 g/mol. The van der Waals surface area contributed by atoms with Crippen LogP contribution in [0.5, 0.6) is 0 Å². The van der Waals surface area contributed by atoms with Crippen molar-refractivity contribution in [1.29, 1.82) is 0 Å². The van der Waals surface area contributed by atoms with Gasteiger partial charge in [0.2, 0.25) is 5.91 Å². The second kappa shape index (κ2) is 9.49. The zero-order chi connectivity index (χ0) is 24.0. The Morgan fingerprint density at radius 1 is 1.00 bits per heavy atom. The number of carbonyl (C=O) groups excluding carboxylic acids is 1. The Kier molecular flexibility index (Phi) is 7.18. The fourth-order valence-corrected chi connectivity index (χ4v) is 9.22. The molecule has 4 saturated carbocycles. The zero-order valence-corrected chi connectivity index (χ0v) is 20.8. The van der Waals surface area contributed by atoms with Gasteiger partial charge in [-0.25, -0.2) is 4.79 Å². The predicted octanol–water partition coefficient (Wildman–Crippen LogP) is 3.98. The number of hydrogen-bond acceptors (Lipinski definition) is 4. The van der Waals surface area contributed by atoms with Crippen molar-refractivity contribution in [3.05, 3.63) is 0 Å². The van der Waals surface area contributed by atoms with E-state index in [1.165, 1.54) is 44.9 Å². The lowest BCUT2D eigenvalue weighted by atomic mass is 9.44. The normalized spacial score (nSPS) is 44.2. The largest absolute Gasteiger partial charge is 0.480 e. The van der Waals surface area contributed by atoms with Crippen LogP contribution in [0.2, 0.25) is 0 Å². The maximum absolute atomic E-state index is 12.3. The van der Waals surface area contributed by atoms with Crippen molar-refractivity contribution in [2.24, 2.45) is 46.3 Å². The fraction of sp³-hybridized carbons (Fsp3) is 0.926. The summed E-state index contributed by atoms with van der Waals surface area (Å²) >= 11 is 0. The van der Waals surface area contributed by atoms with Gasteiger partial charge in [-0.05, 0) is 111 Å². The smallest absolute Gasteiger partial charge is 0.328 e. The zero-order valence-electron chi connectivity index (χ0n) is 20.8. The third kappa shape index (κ3) is 4.47. The Morgan fingerprint density at radius 3 is 2.39 bits per heavy atom. The molecule has 33 heavy (non-hydrogen) atoms. The van der Waals surface area contributed by atoms with Crippen LogP contribution in [0.15, 0.2) is 0 Å². The highest BCUT2D eigenvalue weighted by Crippen LogP contribution is 2.68. The third-order valence-corrected chi connectivity index (χ3v) is 11.0. The molecule has 4 aliphatic rings. The molecule has 6 nitrogen and oxygen atoms in total. The molecule has 0 bridgehead atoms. The molecule has 4 fully saturated rings. The highest BCUT2D eigenvalue weighted by molar-refractivity contribution is 5.83. The number of carboxylic acids is 1. The van der Waals surface area contributed by atoms with Crippen molar-refractivity contribution in [2.75, 3.05) is 6.61 Å². The Bertz CT molecular complexity index is 742. The van der Waals surface area contributed by atoms with Gasteiger partial charge in [0, 0.05) is 6.42 Å². The molecule has 10 atom stereocenters. The van der Waals surface area contributed by atoms with Gasteiger partial charge in [-0.15, -0.1) is 0 Å². The topological polar surface area (TPSA) is 107 Å². The molecule has 188 valence electrons. The second-order valence-corrected chi connectivity index (χ2v) is 12.5. The standard InChI is InChI=1S/C27H45NO5/c1-16(4-9-24(31)28-23(15-29)25(32)33)20-7-8-21-19-6-5-17-14-18(30)10-12-26(17,2)22(19)11-13-27(20,21)3/h16-23,29-30H,4-15H2,1-3H3,(H,28,31)(H,32,33)/t16-,17?,18-,19+,20-,21+,22+,23+,26+,27-/m1/s1. The highest BCUT2D eigenvalue weighted by atomic mass is 16.4. The molecule has 0 heterocycles. The quantitative estimate of drug-likeness (QED) is 0.457. The number of hydrogen-bond donors (Lipinski definition) is 4. The number of carbonyl (C=O) groups is 2. The minimum atomic E-state index is -1.21. The van der Waals surface area contributed by atoms with Gasteiger partial charge >= 0.3 is 5.97 Å². The van der Waals surface area contributed by atoms with E-state index in [1.807, 2.05) is 0 Å². The predicted molar refractivity (Wildman–Crippen MR) is 126 cm³/mol. The summed E-state index contributed by atoms with van der Waals surface area (Å²) in [5, 5.41) is 30.9. The number of fused-ring (bicyclic) bond motifs is 5. The molecule has 0 radical (unpaired) electrons. The van der Waals surface area contributed by atoms with E-state index in [2.05, 4.69) is 26.1 Å². The van der Waals surface area contributed by atoms with Crippen molar-refractivity contribution in [1.82, 2.24) is 5.32 Å². The van der Waals surface area contributed by atoms with E-state index in [0.717, 1.165) is 37.0 Å². The van der Waals surface area contributed by atoms with Crippen molar-refractivity contribution in [3.63, 3.8) is 0 Å². The molecule has 4 rings (SSSR count). The van der Waals surface area contributed by atoms with Crippen LogP contribution < -0.4 is 5.32 Å². The van der Waals surface area contributed by atoms with E-state index in [0.29, 0.717) is 35.0 Å². The number of rotatable bonds is 7. The molecular formula is C27H45NO5. The van der Waals surface area contributed by atoms with Gasteiger partial charge in [0.25, 0.3) is 0 Å². The maximum Gasteiger partial charge on any atom is 0.328 e. The van der Waals surface area contributed by atoms with Gasteiger partial charge in [0.15, 0.2) is 0 Å². The number of aliphatic hydroxyl groups is 2. The molecule has 0 saturated heterocycles. The van der Waals surface area contributed by atoms with E-state index in [1.54, 1.807) is 0 Å². The minimum absolute atomic E-state index is 0.0921. The highest BCUT2D eigenvalue weighted by Gasteiger charge is 2.60. The number of amides is 1. The first-order chi connectivity index (χ1) is 15.6. The molecular weight excluding hydrogens is 418 g/mol. The summed E-state index contributed by atoms with van der Waals surface area (Å²) < 4.78 is 0. The van der Waals surface area contributed by atoms with Gasteiger partial charge in [-0.3, -0.25) is 4.79 Å². The van der Waals surface area contributed by atoms with Gasteiger partial charge in [0.05, 0.1) is 12.7 Å². The van der Waals surface area contributed by atoms with E-state index in [9.17, 15) is 14.7 Å². The van der Waals surface area contributed by atoms with Crippen molar-refractivity contribution in [2.45, 2.75) is 104 Å². The summed E-state index contributed by atoms with van der Waals surface area (Å²) in [7, 11) is 0. The first-order valence-corrected chi connectivity index (χ1v) is 13.4. The van der Waals surface area contributed by atoms with Gasteiger partial charge in [-0.2, -0.15) is 0 Å². The van der Waals surface area contributed by atoms with Crippen molar-refractivity contribution >= 4 is 11.9 Å². The summed E-state index contributed by atoms with van der Waals surface area (Å²) in [5.41, 5.74) is 0.738. The Hall–Kier alpha value is -1.14. The van der Waals surface area contributed by atoms with Crippen LogP contribution in [0.3, 0.4) is 0 Å². The van der Waals surface area contributed by atoms with Crippen LogP contribution in [0, 0.1) is 46.3 Å². The Labute approximate surface area is 198 Å². The maximum atomic E-state index is 12.3. The lowest BCUT2D eigenvalue weighted by Crippen LogP contribution is -2.54. The molecule has 0 spiro atoms. The molecule has 4 N–H and O–H groups in total. The van der Waals surface area contributed by atoms with Gasteiger partial charge in [-0.1, -0.05) is 20.8 Å². The summed E-state index contributed by atoms with van der Waals surface area (Å²) in [6.45, 7) is 6.75. The van der Waals surface area contributed by atoms with E-state index in [4.69, 9.17) is 10.2 Å². The second-order valence-electron chi connectivity index (χ2n) is 12.5. The average Bonchev–Trinajstić information content (AvgIpc) is 3.13. The molecule has 6 heteroatoms. The summed E-state index contributed by atoms with van der Waals surface area (Å²) in [6, 6.07) is -1.21. The van der Waals surface area contributed by atoms with E-state index >= 15 is 0 Å². The monoisotopic (exact) mass is 463 g/mol. The van der Waals surface area contributed by atoms with Crippen LogP contribution in [0.25, 0.3) is 0 Å². The van der Waals surface area contributed by atoms with Crippen molar-refractivity contribution < 1.29 is 24.9 Å². The SMILES string of the molecule is C[C@H](CCC(=O)N[C@@H](CO)C(=O)O)[C@H]1CC[C@H]2[C@@H]3CCC4C[C@H](O)CC[C@]4(C)[C@H]3CC[C@]12C. The van der Waals surface area contributed by atoms with Crippen molar-refractivity contribution in [3.8, 4) is 0 Å². The number of aliphatic hydroxyl groups excluding tert-OH is 2. The summed E-state index contributed by atoms with van der Waals surface area (Å²) in [6.07, 6.45) is 11.9. The Morgan fingerprint density at radius 2 is 1.70 bits per heavy atom. The summed E-state index contributed by atoms with van der Waals surface area (Å²) in [4.78, 5) is 23.3. The molecule has 0 aliphatic heterocycles. The number of aliphatic carboxylic acids is 1. The lowest BCUT2D eigenvalue weighted by Gasteiger charge is -2.61. The van der Waals surface area contributed by atoms with Crippen LogP contribution in [0.1, 0.15) is 91.4 Å². The van der Waals surface area contributed by atoms with Gasteiger partial charge < -0.3 is 20.6 Å². The van der Waals surface area contributed by atoms with E-state index in [-0.39, 0.29) is 12.0 Å². The Balaban J connectivity index is 1.38. The molecule has 1 amide bonds. The van der Waals surface area contributed by atoms with Crippen LogP contribution in [-0.4, -0.2) is 45.9 Å².